The predicted octanol–water partition coefficient (Wildman–Crippen LogP) is 2.65. The maximum absolute atomic E-state index is 11.6. The van der Waals surface area contributed by atoms with Gasteiger partial charge >= 0.3 is 0 Å². The molecular formula is C14H20BrNO3. The molecule has 106 valence electrons. The number of ether oxygens (including phenoxy) is 1. The number of carbonyl (C=O) groups excluding carboxylic acids is 1. The van der Waals surface area contributed by atoms with E-state index >= 15 is 0 Å². The molecule has 0 saturated carbocycles. The largest absolute Gasteiger partial charge is 0.483 e. The molecule has 2 N–H and O–H groups in total. The van der Waals surface area contributed by atoms with Crippen molar-refractivity contribution in [1.29, 1.82) is 0 Å². The van der Waals surface area contributed by atoms with Crippen molar-refractivity contribution in [2.24, 2.45) is 5.92 Å². The van der Waals surface area contributed by atoms with Crippen molar-refractivity contribution in [3.05, 3.63) is 28.2 Å². The Balaban J connectivity index is 2.60. The Kier molecular flexibility index (Phi) is 6.31. The highest BCUT2D eigenvalue weighted by Gasteiger charge is 2.11. The Morgan fingerprint density at radius 3 is 2.68 bits per heavy atom. The molecule has 1 atom stereocenters. The maximum Gasteiger partial charge on any atom is 0.257 e. The lowest BCUT2D eigenvalue weighted by Crippen LogP contribution is -2.31. The predicted molar refractivity (Wildman–Crippen MR) is 78.1 cm³/mol. The van der Waals surface area contributed by atoms with Crippen LogP contribution in [0.25, 0.3) is 0 Å². The van der Waals surface area contributed by atoms with E-state index in [4.69, 9.17) is 4.74 Å². The van der Waals surface area contributed by atoms with Crippen LogP contribution < -0.4 is 10.1 Å². The minimum Gasteiger partial charge on any atom is -0.483 e. The van der Waals surface area contributed by atoms with Crippen LogP contribution in [0.3, 0.4) is 0 Å². The van der Waals surface area contributed by atoms with Gasteiger partial charge in [0.15, 0.2) is 6.61 Å². The topological polar surface area (TPSA) is 58.6 Å². The summed E-state index contributed by atoms with van der Waals surface area (Å²) >= 11 is 3.34. The molecule has 0 saturated heterocycles. The number of amides is 1. The van der Waals surface area contributed by atoms with Gasteiger partial charge in [-0.15, -0.1) is 0 Å². The van der Waals surface area contributed by atoms with E-state index in [-0.39, 0.29) is 12.5 Å². The molecule has 0 aliphatic rings. The first-order valence-electron chi connectivity index (χ1n) is 6.27. The number of aliphatic hydroxyl groups is 1. The molecule has 1 rings (SSSR count). The molecule has 0 bridgehead atoms. The van der Waals surface area contributed by atoms with Crippen LogP contribution in [0.1, 0.15) is 32.4 Å². The van der Waals surface area contributed by atoms with Crippen molar-refractivity contribution in [2.75, 3.05) is 13.2 Å². The van der Waals surface area contributed by atoms with Gasteiger partial charge in [-0.25, -0.2) is 0 Å². The summed E-state index contributed by atoms with van der Waals surface area (Å²) in [6.07, 6.45) is -0.647. The Hall–Kier alpha value is -1.07. The Bertz CT molecular complexity index is 433. The van der Waals surface area contributed by atoms with Crippen LogP contribution >= 0.6 is 15.9 Å². The zero-order chi connectivity index (χ0) is 14.4. The number of hydrogen-bond acceptors (Lipinski definition) is 3. The molecule has 0 spiro atoms. The molecule has 0 aromatic heterocycles. The van der Waals surface area contributed by atoms with Gasteiger partial charge in [0, 0.05) is 16.6 Å². The van der Waals surface area contributed by atoms with Crippen LogP contribution in [0, 0.1) is 5.92 Å². The number of nitrogens with one attached hydrogen (secondary N) is 1. The summed E-state index contributed by atoms with van der Waals surface area (Å²) in [5.74, 6) is 0.774. The smallest absolute Gasteiger partial charge is 0.257 e. The van der Waals surface area contributed by atoms with Crippen molar-refractivity contribution >= 4 is 21.8 Å². The molecule has 5 heteroatoms. The van der Waals surface area contributed by atoms with E-state index in [1.54, 1.807) is 19.1 Å². The first-order valence-corrected chi connectivity index (χ1v) is 7.06. The third kappa shape index (κ3) is 5.61. The van der Waals surface area contributed by atoms with E-state index in [2.05, 4.69) is 21.2 Å². The first-order chi connectivity index (χ1) is 8.90. The molecule has 1 aromatic rings. The summed E-state index contributed by atoms with van der Waals surface area (Å²) in [5, 5.41) is 12.4. The molecule has 0 heterocycles. The highest BCUT2D eigenvalue weighted by atomic mass is 79.9. The SMILES string of the molecule is CC(C)CNC(=O)COc1ccc(Br)cc1C(C)O. The second-order valence-corrected chi connectivity index (χ2v) is 5.76. The Labute approximate surface area is 122 Å². The lowest BCUT2D eigenvalue weighted by atomic mass is 10.1. The summed E-state index contributed by atoms with van der Waals surface area (Å²) in [6.45, 7) is 6.30. The van der Waals surface area contributed by atoms with Crippen LogP contribution in [-0.2, 0) is 4.79 Å². The summed E-state index contributed by atoms with van der Waals surface area (Å²) in [7, 11) is 0. The van der Waals surface area contributed by atoms with Gasteiger partial charge in [0.2, 0.25) is 0 Å². The third-order valence-corrected chi connectivity index (χ3v) is 2.98. The summed E-state index contributed by atoms with van der Waals surface area (Å²) < 4.78 is 6.32. The third-order valence-electron chi connectivity index (χ3n) is 2.49. The summed E-state index contributed by atoms with van der Waals surface area (Å²) in [4.78, 5) is 11.6. The summed E-state index contributed by atoms with van der Waals surface area (Å²) in [5.41, 5.74) is 0.658. The van der Waals surface area contributed by atoms with Crippen molar-refractivity contribution in [3.63, 3.8) is 0 Å². The molecule has 0 fully saturated rings. The molecule has 1 amide bonds. The van der Waals surface area contributed by atoms with Gasteiger partial charge in [-0.05, 0) is 31.0 Å². The highest BCUT2D eigenvalue weighted by Crippen LogP contribution is 2.28. The summed E-state index contributed by atoms with van der Waals surface area (Å²) in [6, 6.07) is 5.33. The molecular weight excluding hydrogens is 310 g/mol. The fourth-order valence-electron chi connectivity index (χ4n) is 1.49. The van der Waals surface area contributed by atoms with Crippen LogP contribution in [0.2, 0.25) is 0 Å². The molecule has 1 unspecified atom stereocenters. The van der Waals surface area contributed by atoms with Gasteiger partial charge in [-0.1, -0.05) is 29.8 Å². The number of rotatable bonds is 6. The zero-order valence-electron chi connectivity index (χ0n) is 11.4. The second kappa shape index (κ2) is 7.50. The number of carbonyl (C=O) groups is 1. The van der Waals surface area contributed by atoms with Gasteiger partial charge < -0.3 is 15.2 Å². The lowest BCUT2D eigenvalue weighted by Gasteiger charge is -2.14. The number of hydrogen-bond donors (Lipinski definition) is 2. The Morgan fingerprint density at radius 2 is 2.11 bits per heavy atom. The first kappa shape index (κ1) is 16.0. The average Bonchev–Trinajstić information content (AvgIpc) is 2.34. The minimum absolute atomic E-state index is 0.0475. The van der Waals surface area contributed by atoms with Crippen molar-refractivity contribution in [1.82, 2.24) is 5.32 Å². The van der Waals surface area contributed by atoms with Crippen molar-refractivity contribution in [2.45, 2.75) is 26.9 Å². The molecule has 1 aromatic carbocycles. The van der Waals surface area contributed by atoms with Crippen molar-refractivity contribution < 1.29 is 14.6 Å². The molecule has 4 nitrogen and oxygen atoms in total. The quantitative estimate of drug-likeness (QED) is 0.843. The number of aliphatic hydroxyl groups excluding tert-OH is 1. The molecule has 0 aliphatic carbocycles. The van der Waals surface area contributed by atoms with E-state index in [1.165, 1.54) is 0 Å². The average molecular weight is 330 g/mol. The van der Waals surface area contributed by atoms with Gasteiger partial charge in [-0.3, -0.25) is 4.79 Å². The highest BCUT2D eigenvalue weighted by molar-refractivity contribution is 9.10. The fourth-order valence-corrected chi connectivity index (χ4v) is 1.87. The number of benzene rings is 1. The van der Waals surface area contributed by atoms with Crippen LogP contribution in [0.15, 0.2) is 22.7 Å². The molecule has 0 radical (unpaired) electrons. The van der Waals surface area contributed by atoms with E-state index in [1.807, 2.05) is 19.9 Å². The zero-order valence-corrected chi connectivity index (χ0v) is 13.0. The van der Waals surface area contributed by atoms with Crippen LogP contribution in [-0.4, -0.2) is 24.2 Å². The number of halogens is 1. The lowest BCUT2D eigenvalue weighted by molar-refractivity contribution is -0.123. The van der Waals surface area contributed by atoms with Crippen molar-refractivity contribution in [3.8, 4) is 5.75 Å². The molecule has 0 aliphatic heterocycles. The van der Waals surface area contributed by atoms with Gasteiger partial charge in [-0.2, -0.15) is 0 Å². The normalized spacial score (nSPS) is 12.3. The van der Waals surface area contributed by atoms with E-state index in [0.717, 1.165) is 4.47 Å². The van der Waals surface area contributed by atoms with E-state index in [9.17, 15) is 9.90 Å². The van der Waals surface area contributed by atoms with E-state index in [0.29, 0.717) is 23.8 Å². The Morgan fingerprint density at radius 1 is 1.42 bits per heavy atom. The van der Waals surface area contributed by atoms with Gasteiger partial charge in [0.25, 0.3) is 5.91 Å². The minimum atomic E-state index is -0.647. The standard InChI is InChI=1S/C14H20BrNO3/c1-9(2)7-16-14(18)8-19-13-5-4-11(15)6-12(13)10(3)17/h4-6,9-10,17H,7-8H2,1-3H3,(H,16,18). The fraction of sp³-hybridized carbons (Fsp3) is 0.500. The maximum atomic E-state index is 11.6. The van der Waals surface area contributed by atoms with E-state index < -0.39 is 6.10 Å². The monoisotopic (exact) mass is 329 g/mol. The van der Waals surface area contributed by atoms with Gasteiger partial charge in [0.05, 0.1) is 6.10 Å². The van der Waals surface area contributed by atoms with Gasteiger partial charge in [0.1, 0.15) is 5.75 Å². The van der Waals surface area contributed by atoms with Crippen LogP contribution in [0.4, 0.5) is 0 Å². The van der Waals surface area contributed by atoms with Crippen LogP contribution in [0.5, 0.6) is 5.75 Å². The molecule has 19 heavy (non-hydrogen) atoms. The second-order valence-electron chi connectivity index (χ2n) is 4.84.